The van der Waals surface area contributed by atoms with E-state index in [1.807, 2.05) is 0 Å². The van der Waals surface area contributed by atoms with Gasteiger partial charge in [-0.15, -0.1) is 0 Å². The zero-order chi connectivity index (χ0) is 27.3. The van der Waals surface area contributed by atoms with Crippen molar-refractivity contribution in [1.29, 1.82) is 0 Å². The van der Waals surface area contributed by atoms with Gasteiger partial charge in [-0.3, -0.25) is 5.32 Å². The fourth-order valence-electron chi connectivity index (χ4n) is 3.88. The third-order valence-corrected chi connectivity index (χ3v) is 5.53. The molecule has 1 heterocycles. The number of urea groups is 1. The molecule has 0 fully saturated rings. The molecule has 3 aromatic carbocycles. The molecule has 0 aliphatic carbocycles. The number of nitrogens with zero attached hydrogens (tertiary/aromatic N) is 1. The predicted octanol–water partition coefficient (Wildman–Crippen LogP) is 6.50. The molecule has 2 amide bonds. The van der Waals surface area contributed by atoms with Crippen molar-refractivity contribution < 1.29 is 40.4 Å². The summed E-state index contributed by atoms with van der Waals surface area (Å²) in [6, 6.07) is 16.1. The normalized spacial score (nSPS) is 13.1. The highest BCUT2D eigenvalue weighted by atomic mass is 19.3. The number of hydrogen-bond acceptors (Lipinski definition) is 4. The molecule has 0 radical (unpaired) electrons. The Morgan fingerprint density at radius 1 is 0.921 bits per heavy atom. The van der Waals surface area contributed by atoms with Crippen LogP contribution in [0, 0.1) is 11.6 Å². The minimum Gasteiger partial charge on any atom is -0.428 e. The SMILES string of the molecule is O=C(Nc1ccon1)N[C@](Cc1ccccc1)(c1ccc(F)cc1)c1cc(F)cc(OC(F)(F)C(F)F)c1. The number of carbonyl (C=O) groups is 1. The van der Waals surface area contributed by atoms with E-state index < -0.39 is 41.5 Å². The minimum absolute atomic E-state index is 0.0232. The molecule has 0 saturated heterocycles. The summed E-state index contributed by atoms with van der Waals surface area (Å²) in [7, 11) is 0. The Labute approximate surface area is 212 Å². The molecule has 0 aliphatic heterocycles. The molecule has 0 spiro atoms. The average Bonchev–Trinajstić information content (AvgIpc) is 3.37. The monoisotopic (exact) mass is 535 g/mol. The first-order valence-corrected chi connectivity index (χ1v) is 11.0. The van der Waals surface area contributed by atoms with Crippen LogP contribution in [0.1, 0.15) is 16.7 Å². The summed E-state index contributed by atoms with van der Waals surface area (Å²) in [5.41, 5.74) is -1.08. The summed E-state index contributed by atoms with van der Waals surface area (Å²) >= 11 is 0. The number of aromatic nitrogens is 1. The molecule has 4 rings (SSSR count). The Morgan fingerprint density at radius 2 is 1.63 bits per heavy atom. The van der Waals surface area contributed by atoms with Crippen molar-refractivity contribution in [1.82, 2.24) is 10.5 Å². The fourth-order valence-corrected chi connectivity index (χ4v) is 3.88. The molecule has 38 heavy (non-hydrogen) atoms. The van der Waals surface area contributed by atoms with Crippen LogP contribution in [0.2, 0.25) is 0 Å². The van der Waals surface area contributed by atoms with E-state index in [-0.39, 0.29) is 23.4 Å². The first kappa shape index (κ1) is 26.6. The van der Waals surface area contributed by atoms with Gasteiger partial charge in [0.25, 0.3) is 0 Å². The lowest BCUT2D eigenvalue weighted by Gasteiger charge is -2.36. The first-order chi connectivity index (χ1) is 18.1. The van der Waals surface area contributed by atoms with Gasteiger partial charge in [-0.1, -0.05) is 47.6 Å². The van der Waals surface area contributed by atoms with Gasteiger partial charge in [0, 0.05) is 18.6 Å². The van der Waals surface area contributed by atoms with Crippen molar-refractivity contribution in [2.45, 2.75) is 24.5 Å². The lowest BCUT2D eigenvalue weighted by atomic mass is 9.77. The van der Waals surface area contributed by atoms with E-state index in [9.17, 15) is 31.1 Å². The molecule has 0 saturated carbocycles. The van der Waals surface area contributed by atoms with Crippen LogP contribution < -0.4 is 15.4 Å². The zero-order valence-electron chi connectivity index (χ0n) is 19.3. The maximum Gasteiger partial charge on any atom is 0.461 e. The summed E-state index contributed by atoms with van der Waals surface area (Å²) in [4.78, 5) is 13.1. The molecule has 2 N–H and O–H groups in total. The summed E-state index contributed by atoms with van der Waals surface area (Å²) in [5.74, 6) is -2.62. The van der Waals surface area contributed by atoms with Crippen molar-refractivity contribution in [2.75, 3.05) is 5.32 Å². The number of ether oxygens (including phenoxy) is 1. The van der Waals surface area contributed by atoms with Crippen LogP contribution in [0.3, 0.4) is 0 Å². The number of hydrogen-bond donors (Lipinski definition) is 2. The lowest BCUT2D eigenvalue weighted by Crippen LogP contribution is -2.50. The molecule has 0 unspecified atom stereocenters. The van der Waals surface area contributed by atoms with Gasteiger partial charge in [0.15, 0.2) is 5.82 Å². The van der Waals surface area contributed by atoms with Gasteiger partial charge in [0.1, 0.15) is 23.6 Å². The molecule has 4 aromatic rings. The number of carbonyl (C=O) groups excluding carboxylic acids is 1. The second-order valence-electron chi connectivity index (χ2n) is 8.18. The Kier molecular flexibility index (Phi) is 7.60. The summed E-state index contributed by atoms with van der Waals surface area (Å²) in [6.45, 7) is 0. The number of amides is 2. The Morgan fingerprint density at radius 3 is 2.26 bits per heavy atom. The largest absolute Gasteiger partial charge is 0.461 e. The summed E-state index contributed by atoms with van der Waals surface area (Å²) in [6.07, 6.45) is -8.00. The molecule has 12 heteroatoms. The standard InChI is InChI=1S/C26H19F6N3O3/c27-19-8-6-17(7-9-19)25(15-16-4-2-1-3-5-16,34-24(36)33-22-10-11-37-35-22)18-12-20(28)14-21(13-18)38-26(31,32)23(29)30/h1-14,23H,15H2,(H2,33,34,35,36)/t25-/m1/s1. The van der Waals surface area contributed by atoms with E-state index in [0.717, 1.165) is 24.3 Å². The average molecular weight is 535 g/mol. The highest BCUT2D eigenvalue weighted by molar-refractivity contribution is 5.89. The molecule has 198 valence electrons. The topological polar surface area (TPSA) is 76.4 Å². The van der Waals surface area contributed by atoms with E-state index in [4.69, 9.17) is 0 Å². The van der Waals surface area contributed by atoms with E-state index in [1.165, 1.54) is 24.5 Å². The number of halogens is 6. The van der Waals surface area contributed by atoms with E-state index >= 15 is 0 Å². The maximum atomic E-state index is 14.8. The third kappa shape index (κ3) is 6.07. The number of anilines is 1. The zero-order valence-corrected chi connectivity index (χ0v) is 19.3. The van der Waals surface area contributed by atoms with E-state index in [0.29, 0.717) is 11.6 Å². The van der Waals surface area contributed by atoms with Gasteiger partial charge in [0.2, 0.25) is 0 Å². The van der Waals surface area contributed by atoms with Crippen LogP contribution in [-0.2, 0) is 12.0 Å². The van der Waals surface area contributed by atoms with Crippen molar-refractivity contribution in [3.05, 3.63) is 113 Å². The number of nitrogens with one attached hydrogen (secondary N) is 2. The van der Waals surface area contributed by atoms with Crippen LogP contribution in [0.15, 0.2) is 89.6 Å². The summed E-state index contributed by atoms with van der Waals surface area (Å²) in [5, 5.41) is 8.70. The minimum atomic E-state index is -4.92. The molecule has 1 aromatic heterocycles. The van der Waals surface area contributed by atoms with Crippen LogP contribution in [0.4, 0.5) is 37.0 Å². The number of benzene rings is 3. The van der Waals surface area contributed by atoms with Crippen LogP contribution >= 0.6 is 0 Å². The maximum absolute atomic E-state index is 14.8. The predicted molar refractivity (Wildman–Crippen MR) is 124 cm³/mol. The Hall–Kier alpha value is -4.48. The Balaban J connectivity index is 1.89. The van der Waals surface area contributed by atoms with Crippen LogP contribution in [0.5, 0.6) is 5.75 Å². The second kappa shape index (κ2) is 10.9. The van der Waals surface area contributed by atoms with Gasteiger partial charge < -0.3 is 14.6 Å². The first-order valence-electron chi connectivity index (χ1n) is 11.0. The summed E-state index contributed by atoms with van der Waals surface area (Å²) < 4.78 is 90.4. The molecular formula is C26H19F6N3O3. The quantitative estimate of drug-likeness (QED) is 0.240. The molecular weight excluding hydrogens is 516 g/mol. The third-order valence-electron chi connectivity index (χ3n) is 5.53. The molecule has 6 nitrogen and oxygen atoms in total. The van der Waals surface area contributed by atoms with Crippen LogP contribution in [0.25, 0.3) is 0 Å². The van der Waals surface area contributed by atoms with E-state index in [2.05, 4.69) is 25.1 Å². The van der Waals surface area contributed by atoms with Gasteiger partial charge in [-0.25, -0.2) is 13.6 Å². The van der Waals surface area contributed by atoms with Crippen molar-refractivity contribution in [3.63, 3.8) is 0 Å². The highest BCUT2D eigenvalue weighted by Crippen LogP contribution is 2.38. The number of rotatable bonds is 9. The smallest absolute Gasteiger partial charge is 0.428 e. The van der Waals surface area contributed by atoms with Gasteiger partial charge >= 0.3 is 18.6 Å². The number of alkyl halides is 4. The molecule has 1 atom stereocenters. The van der Waals surface area contributed by atoms with Gasteiger partial charge in [-0.05, 0) is 41.0 Å². The van der Waals surface area contributed by atoms with Gasteiger partial charge in [-0.2, -0.15) is 17.6 Å². The van der Waals surface area contributed by atoms with Crippen molar-refractivity contribution in [2.24, 2.45) is 0 Å². The Bertz CT molecular complexity index is 1370. The van der Waals surface area contributed by atoms with Crippen molar-refractivity contribution in [3.8, 4) is 5.75 Å². The second-order valence-corrected chi connectivity index (χ2v) is 8.18. The highest BCUT2D eigenvalue weighted by Gasteiger charge is 2.45. The van der Waals surface area contributed by atoms with Gasteiger partial charge in [0.05, 0.1) is 5.54 Å². The molecule has 0 bridgehead atoms. The van der Waals surface area contributed by atoms with Crippen molar-refractivity contribution >= 4 is 11.8 Å². The lowest BCUT2D eigenvalue weighted by molar-refractivity contribution is -0.253. The molecule has 0 aliphatic rings. The fraction of sp³-hybridized carbons (Fsp3) is 0.154. The van der Waals surface area contributed by atoms with E-state index in [1.54, 1.807) is 30.3 Å². The van der Waals surface area contributed by atoms with Crippen LogP contribution in [-0.4, -0.2) is 23.7 Å².